The summed E-state index contributed by atoms with van der Waals surface area (Å²) in [6.45, 7) is 7.42. The van der Waals surface area contributed by atoms with E-state index < -0.39 is 34.3 Å². The minimum absolute atomic E-state index is 0. The molecule has 0 aliphatic carbocycles. The van der Waals surface area contributed by atoms with Crippen LogP contribution in [0.3, 0.4) is 0 Å². The number of aromatic nitrogens is 3. The molecule has 0 saturated heterocycles. The number of hydrazine groups is 1. The van der Waals surface area contributed by atoms with E-state index in [4.69, 9.17) is 35.3 Å². The number of rotatable bonds is 23. The van der Waals surface area contributed by atoms with E-state index in [0.29, 0.717) is 17.7 Å². The van der Waals surface area contributed by atoms with Gasteiger partial charge in [-0.25, -0.2) is 0 Å². The Hall–Kier alpha value is -14.4. The van der Waals surface area contributed by atoms with Crippen LogP contribution in [-0.2, 0) is 32.0 Å². The quantitative estimate of drug-likeness (QED) is 0.0150. The molecule has 0 aliphatic heterocycles. The predicted octanol–water partition coefficient (Wildman–Crippen LogP) is 21.9. The lowest BCUT2D eigenvalue weighted by Crippen LogP contribution is -2.30. The van der Waals surface area contributed by atoms with E-state index in [1.54, 1.807) is 38.1 Å². The molecule has 0 amide bonds. The fourth-order valence-electron chi connectivity index (χ4n) is 11.6. The summed E-state index contributed by atoms with van der Waals surface area (Å²) in [6, 6.07) is 103. The van der Waals surface area contributed by atoms with Crippen LogP contribution >= 0.6 is 12.4 Å². The van der Waals surface area contributed by atoms with Gasteiger partial charge in [-0.05, 0) is 230 Å². The summed E-state index contributed by atoms with van der Waals surface area (Å²) in [6.07, 6.45) is 0.780. The summed E-state index contributed by atoms with van der Waals surface area (Å²) in [7, 11) is 0. The number of carbonyl (C=O) groups excluding carboxylic acids is 5. The second kappa shape index (κ2) is 45.8. The highest BCUT2D eigenvalue weighted by Gasteiger charge is 2.29. The number of anilines is 1. The number of fused-ring (bicyclic) bond motifs is 3. The molecule has 21 nitrogen and oxygen atoms in total. The number of hydrogen-bond acceptors (Lipinski definition) is 16. The van der Waals surface area contributed by atoms with Crippen LogP contribution < -0.4 is 35.9 Å². The lowest BCUT2D eigenvalue weighted by molar-refractivity contribution is -0.506. The van der Waals surface area contributed by atoms with Crippen LogP contribution in [0.4, 0.5) is 5.69 Å². The van der Waals surface area contributed by atoms with Crippen LogP contribution in [0.5, 0.6) is 46.0 Å². The lowest BCUT2D eigenvalue weighted by atomic mass is 9.97. The van der Waals surface area contributed by atoms with Crippen LogP contribution in [0.25, 0.3) is 66.5 Å². The van der Waals surface area contributed by atoms with Crippen molar-refractivity contribution in [1.29, 1.82) is 0 Å². The van der Waals surface area contributed by atoms with Gasteiger partial charge in [0, 0.05) is 84.2 Å². The van der Waals surface area contributed by atoms with Gasteiger partial charge in [0.2, 0.25) is 11.6 Å². The highest BCUT2D eigenvalue weighted by atomic mass is 35.5. The number of Topliss-reactive ketones (excluding diaryl/α,β-unsaturated/α-hetero) is 4. The first-order valence-electron chi connectivity index (χ1n) is 36.3. The second-order valence-electron chi connectivity index (χ2n) is 25.6. The summed E-state index contributed by atoms with van der Waals surface area (Å²) in [5, 5.41) is 24.2. The van der Waals surface area contributed by atoms with Gasteiger partial charge in [0.05, 0.1) is 12.5 Å². The number of halogens is 1. The van der Waals surface area contributed by atoms with Crippen molar-refractivity contribution >= 4 is 80.7 Å². The molecule has 3 aromatic heterocycles. The van der Waals surface area contributed by atoms with Crippen LogP contribution in [0, 0.1) is 20.2 Å². The number of aromatic amines is 3. The molecular formula is C94H91ClN8O13. The molecule has 3 heterocycles. The van der Waals surface area contributed by atoms with E-state index >= 15 is 0 Å². The molecule has 0 saturated carbocycles. The maximum absolute atomic E-state index is 11.8. The predicted molar refractivity (Wildman–Crippen MR) is 464 cm³/mol. The molecule has 15 rings (SSSR count). The van der Waals surface area contributed by atoms with Gasteiger partial charge in [-0.15, -0.1) is 12.4 Å². The molecular weight excluding hydrogens is 1480 g/mol. The van der Waals surface area contributed by atoms with E-state index in [9.17, 15) is 39.4 Å². The Bertz CT molecular complexity index is 5520. The SMILES string of the molecule is C.C=O.CC(=O)C(Cc1c(-c2ccc(Oc3ccccc3)cc2)[nH]c2ccccc12)[N+](=O)[O-].CC(=O)C(N)Cc1c(-c2ccc(Oc3ccccc3)cc2)[nH]c2ccccc12.CC(=O)c1ccc(Oc2ccccc2)cc1.CCC(=O)C[N+](=O)[O-].Cl.NNc1ccccc1.c1ccc(Oc2ccc(-c3cc4ccccc4[nH]3)cc2)cc1. The molecule has 0 bridgehead atoms. The molecule has 0 aliphatic rings. The minimum Gasteiger partial charge on any atom is -0.457 e. The van der Waals surface area contributed by atoms with Crippen molar-refractivity contribution in [3.8, 4) is 79.8 Å². The zero-order valence-electron chi connectivity index (χ0n) is 63.6. The number of nitrogens with two attached hydrogens (primary N) is 2. The van der Waals surface area contributed by atoms with Crippen LogP contribution in [0.2, 0.25) is 0 Å². The number of nitrogens with one attached hydrogen (secondary N) is 4. The second-order valence-corrected chi connectivity index (χ2v) is 25.6. The van der Waals surface area contributed by atoms with E-state index in [2.05, 4.69) is 62.8 Å². The summed E-state index contributed by atoms with van der Waals surface area (Å²) in [4.78, 5) is 83.0. The number of carbonyl (C=O) groups is 5. The first-order valence-corrected chi connectivity index (χ1v) is 36.3. The number of H-pyrrole nitrogens is 3. The first kappa shape index (κ1) is 88.8. The van der Waals surface area contributed by atoms with Crippen molar-refractivity contribution in [1.82, 2.24) is 15.0 Å². The molecule has 22 heteroatoms. The largest absolute Gasteiger partial charge is 0.457 e. The minimum atomic E-state index is -1.27. The van der Waals surface area contributed by atoms with Crippen LogP contribution in [0.1, 0.15) is 63.0 Å². The smallest absolute Gasteiger partial charge is 0.274 e. The van der Waals surface area contributed by atoms with E-state index in [0.717, 1.165) is 118 Å². The first-order chi connectivity index (χ1) is 55.4. The molecule has 592 valence electrons. The maximum atomic E-state index is 11.8. The average molecular weight is 1580 g/mol. The summed E-state index contributed by atoms with van der Waals surface area (Å²) in [5.41, 5.74) is 21.1. The number of nitrogens with zero attached hydrogens (tertiary/aromatic N) is 2. The number of ketones is 4. The normalized spacial score (nSPS) is 10.6. The fourth-order valence-corrected chi connectivity index (χ4v) is 11.6. The monoisotopic (exact) mass is 1570 g/mol. The van der Waals surface area contributed by atoms with Crippen LogP contribution in [-0.4, -0.2) is 73.3 Å². The standard InChI is InChI=1S/C24H20N2O4.C24H22N2O2.C20H15NO.C14H12O2.C6H8N2.C4H7NO3.CH2O.CH4.ClH/c1-16(27)23(26(28)29)15-21-20-9-5-6-10-22(20)25-24(21)17-11-13-19(14-12-17)30-18-7-3-2-4-8-18;1-16(27)22(25)15-21-20-9-5-6-10-23(20)26-24(21)17-11-13-19(14-12-17)28-18-7-3-2-4-8-18;1-2-7-17(8-3-1)22-18-12-10-15(11-13-18)20-14-16-6-4-5-9-19(16)21-20;1-11(15)12-7-9-14(10-8-12)16-13-5-3-2-4-6-13;7-8-6-4-2-1-3-5-6;1-2-4(6)3-5(7)8;1-2;;/h2-14,23,25H,15H2,1H3;2-14,22,26H,15,25H2,1H3;1-14,21H;2-10H,1H3;1-5,8H,7H2;2-3H2,1H3;1H2;1H4;1H. The van der Waals surface area contributed by atoms with Crippen molar-refractivity contribution < 1.29 is 52.8 Å². The highest BCUT2D eigenvalue weighted by Crippen LogP contribution is 2.36. The van der Waals surface area contributed by atoms with Gasteiger partial charge in [0.25, 0.3) is 12.6 Å². The van der Waals surface area contributed by atoms with E-state index in [1.165, 1.54) is 19.2 Å². The highest BCUT2D eigenvalue weighted by molar-refractivity contribution is 5.95. The van der Waals surface area contributed by atoms with Crippen molar-refractivity contribution in [2.24, 2.45) is 11.6 Å². The zero-order chi connectivity index (χ0) is 81.1. The van der Waals surface area contributed by atoms with E-state index in [1.807, 2.05) is 268 Å². The third-order valence-corrected chi connectivity index (χ3v) is 17.5. The number of para-hydroxylation sites is 8. The third kappa shape index (κ3) is 26.7. The summed E-state index contributed by atoms with van der Waals surface area (Å²) < 4.78 is 23.1. The number of nitro groups is 2. The molecule has 2 atom stereocenters. The average Bonchev–Trinajstić information content (AvgIpc) is 1.64. The number of nitrogen functional groups attached to an aromatic ring is 1. The Morgan fingerprint density at radius 2 is 0.767 bits per heavy atom. The Morgan fingerprint density at radius 3 is 1.09 bits per heavy atom. The van der Waals surface area contributed by atoms with Gasteiger partial charge < -0.3 is 49.9 Å². The molecule has 8 N–H and O–H groups in total. The lowest BCUT2D eigenvalue weighted by Gasteiger charge is -2.11. The molecule has 15 aromatic rings. The third-order valence-electron chi connectivity index (χ3n) is 17.5. The van der Waals surface area contributed by atoms with Crippen molar-refractivity contribution in [2.45, 2.75) is 66.5 Å². The summed E-state index contributed by atoms with van der Waals surface area (Å²) in [5.74, 6) is 10.6. The zero-order valence-corrected chi connectivity index (χ0v) is 64.4. The van der Waals surface area contributed by atoms with Gasteiger partial charge in [-0.3, -0.25) is 45.2 Å². The van der Waals surface area contributed by atoms with Crippen molar-refractivity contribution in [2.75, 3.05) is 12.0 Å². The van der Waals surface area contributed by atoms with Gasteiger partial charge in [-0.1, -0.05) is 160 Å². The number of benzene rings is 12. The van der Waals surface area contributed by atoms with Gasteiger partial charge in [0.1, 0.15) is 58.6 Å². The fraction of sp³-hybridized carbons (Fsp3) is 0.117. The molecule has 116 heavy (non-hydrogen) atoms. The van der Waals surface area contributed by atoms with Gasteiger partial charge in [0.15, 0.2) is 5.78 Å². The Labute approximate surface area is 679 Å². The van der Waals surface area contributed by atoms with Crippen molar-refractivity contribution in [3.63, 3.8) is 0 Å². The summed E-state index contributed by atoms with van der Waals surface area (Å²) >= 11 is 0. The number of hydrogen-bond donors (Lipinski definition) is 6. The molecule has 0 spiro atoms. The maximum Gasteiger partial charge on any atom is 0.274 e. The van der Waals surface area contributed by atoms with Gasteiger partial charge in [-0.2, -0.15) is 0 Å². The number of ether oxygens (including phenoxy) is 4. The van der Waals surface area contributed by atoms with E-state index in [-0.39, 0.29) is 50.0 Å². The molecule has 0 fully saturated rings. The Morgan fingerprint density at radius 1 is 0.431 bits per heavy atom. The Balaban J connectivity index is 0.000000201. The van der Waals surface area contributed by atoms with Crippen molar-refractivity contribution in [3.05, 3.63) is 365 Å². The topological polar surface area (TPSA) is 320 Å². The molecule has 0 radical (unpaired) electrons. The van der Waals surface area contributed by atoms with Crippen LogP contribution in [0.15, 0.2) is 328 Å². The Kier molecular flexibility index (Phi) is 35.1. The molecule has 2 unspecified atom stereocenters. The van der Waals surface area contributed by atoms with Gasteiger partial charge >= 0.3 is 0 Å². The molecule has 12 aromatic carbocycles.